The first-order valence-electron chi connectivity index (χ1n) is 10.9. The van der Waals surface area contributed by atoms with Crippen molar-refractivity contribution in [3.05, 3.63) is 52.6 Å². The van der Waals surface area contributed by atoms with Crippen molar-refractivity contribution in [3.8, 4) is 22.6 Å². The Labute approximate surface area is 205 Å². The molecular formula is C24H24N4O4S2. The summed E-state index contributed by atoms with van der Waals surface area (Å²) in [5.41, 5.74) is 4.01. The van der Waals surface area contributed by atoms with Gasteiger partial charge in [0.05, 0.1) is 38.6 Å². The van der Waals surface area contributed by atoms with Crippen LogP contribution in [0.1, 0.15) is 33.4 Å². The van der Waals surface area contributed by atoms with Crippen LogP contribution < -0.4 is 9.47 Å². The van der Waals surface area contributed by atoms with Crippen molar-refractivity contribution in [1.29, 1.82) is 0 Å². The second-order valence-electron chi connectivity index (χ2n) is 7.68. The van der Waals surface area contributed by atoms with E-state index in [2.05, 4.69) is 10.1 Å². The quantitative estimate of drug-likeness (QED) is 0.344. The number of pyridine rings is 1. The molecule has 0 aliphatic carbocycles. The Bertz CT molecular complexity index is 1350. The minimum absolute atomic E-state index is 0.267. The lowest BCUT2D eigenvalue weighted by molar-refractivity contribution is 0.0525. The first-order valence-corrected chi connectivity index (χ1v) is 12.9. The van der Waals surface area contributed by atoms with Crippen LogP contribution >= 0.6 is 23.1 Å². The summed E-state index contributed by atoms with van der Waals surface area (Å²) in [6, 6.07) is 5.73. The van der Waals surface area contributed by atoms with Gasteiger partial charge in [-0.15, -0.1) is 11.3 Å². The second kappa shape index (κ2) is 9.63. The molecule has 34 heavy (non-hydrogen) atoms. The molecular weight excluding hydrogens is 472 g/mol. The largest absolute Gasteiger partial charge is 0.493 e. The molecule has 0 saturated carbocycles. The van der Waals surface area contributed by atoms with Gasteiger partial charge in [-0.05, 0) is 42.4 Å². The molecule has 4 heterocycles. The van der Waals surface area contributed by atoms with Crippen LogP contribution in [0.2, 0.25) is 0 Å². The van der Waals surface area contributed by atoms with Crippen LogP contribution in [-0.4, -0.2) is 52.3 Å². The van der Waals surface area contributed by atoms with E-state index in [9.17, 15) is 4.79 Å². The van der Waals surface area contributed by atoms with E-state index in [-0.39, 0.29) is 6.61 Å². The zero-order valence-corrected chi connectivity index (χ0v) is 20.8. The molecule has 0 bridgehead atoms. The number of carbonyl (C=O) groups is 1. The molecule has 0 fully saturated rings. The number of esters is 1. The third kappa shape index (κ3) is 4.01. The number of hydrogen-bond donors (Lipinski definition) is 0. The van der Waals surface area contributed by atoms with Gasteiger partial charge in [-0.1, -0.05) is 6.07 Å². The van der Waals surface area contributed by atoms with E-state index in [1.165, 1.54) is 16.8 Å². The third-order valence-electron chi connectivity index (χ3n) is 5.76. The lowest BCUT2D eigenvalue weighted by atomic mass is 9.92. The van der Waals surface area contributed by atoms with Crippen molar-refractivity contribution in [2.24, 2.45) is 0 Å². The molecule has 8 nitrogen and oxygen atoms in total. The van der Waals surface area contributed by atoms with Gasteiger partial charge in [-0.25, -0.2) is 19.4 Å². The molecule has 10 heteroatoms. The number of fused-ring (bicyclic) bond motifs is 3. The minimum Gasteiger partial charge on any atom is -0.493 e. The molecule has 176 valence electrons. The summed E-state index contributed by atoms with van der Waals surface area (Å²) in [7, 11) is 3.21. The number of hydrogen-bond acceptors (Lipinski definition) is 9. The first-order chi connectivity index (χ1) is 16.6. The average molecular weight is 497 g/mol. The van der Waals surface area contributed by atoms with Crippen LogP contribution in [0, 0.1) is 0 Å². The summed E-state index contributed by atoms with van der Waals surface area (Å²) >= 11 is 3.63. The fourth-order valence-electron chi connectivity index (χ4n) is 4.29. The van der Waals surface area contributed by atoms with Gasteiger partial charge >= 0.3 is 5.97 Å². The molecule has 0 amide bonds. The van der Waals surface area contributed by atoms with Crippen LogP contribution in [0.25, 0.3) is 21.3 Å². The molecule has 4 aromatic rings. The smallest absolute Gasteiger partial charge is 0.340 e. The summed E-state index contributed by atoms with van der Waals surface area (Å²) < 4.78 is 18.2. The number of methoxy groups -OCH3 is 2. The molecule has 0 radical (unpaired) electrons. The van der Waals surface area contributed by atoms with E-state index < -0.39 is 5.97 Å². The lowest BCUT2D eigenvalue weighted by Gasteiger charge is -2.18. The van der Waals surface area contributed by atoms with Gasteiger partial charge in [-0.3, -0.25) is 0 Å². The molecule has 0 spiro atoms. The van der Waals surface area contributed by atoms with E-state index in [1.54, 1.807) is 43.5 Å². The van der Waals surface area contributed by atoms with E-state index in [0.29, 0.717) is 29.3 Å². The fraction of sp³-hybridized carbons (Fsp3) is 0.333. The molecule has 0 saturated heterocycles. The predicted octanol–water partition coefficient (Wildman–Crippen LogP) is 4.59. The molecule has 1 aliphatic rings. The van der Waals surface area contributed by atoms with Crippen molar-refractivity contribution in [3.63, 3.8) is 0 Å². The van der Waals surface area contributed by atoms with Gasteiger partial charge in [0.2, 0.25) is 0 Å². The Morgan fingerprint density at radius 1 is 1.21 bits per heavy atom. The Balaban J connectivity index is 1.85. The number of rotatable bonds is 7. The van der Waals surface area contributed by atoms with Crippen molar-refractivity contribution >= 4 is 39.3 Å². The first kappa shape index (κ1) is 22.7. The number of thioether (sulfide) groups is 1. The van der Waals surface area contributed by atoms with Crippen molar-refractivity contribution in [1.82, 2.24) is 19.7 Å². The maximum atomic E-state index is 13.4. The average Bonchev–Trinajstić information content (AvgIpc) is 3.50. The fourth-order valence-corrected chi connectivity index (χ4v) is 6.67. The Morgan fingerprint density at radius 2 is 2.06 bits per heavy atom. The summed E-state index contributed by atoms with van der Waals surface area (Å²) in [5.74, 6) is 2.81. The van der Waals surface area contributed by atoms with Crippen LogP contribution in [0.4, 0.5) is 0 Å². The highest BCUT2D eigenvalue weighted by molar-refractivity contribution is 7.98. The zero-order valence-electron chi connectivity index (χ0n) is 19.2. The van der Waals surface area contributed by atoms with Crippen molar-refractivity contribution < 1.29 is 19.0 Å². The molecule has 1 aromatic carbocycles. The standard InChI is InChI=1S/C24H24N4O4S2/c1-4-32-24(29)22-16(10-28-13-25-12-26-28)27-23-21(15-7-8-33-11-19(15)34-23)20(22)14-5-6-17(30-2)18(9-14)31-3/h5-6,9,12-13H,4,7-8,10-11H2,1-3H3. The van der Waals surface area contributed by atoms with Gasteiger partial charge in [-0.2, -0.15) is 16.9 Å². The van der Waals surface area contributed by atoms with E-state index >= 15 is 0 Å². The Hall–Kier alpha value is -3.11. The molecule has 3 aromatic heterocycles. The Morgan fingerprint density at radius 3 is 2.79 bits per heavy atom. The number of nitrogens with zero attached hydrogens (tertiary/aromatic N) is 4. The van der Waals surface area contributed by atoms with Gasteiger partial charge in [0.15, 0.2) is 11.5 Å². The molecule has 5 rings (SSSR count). The van der Waals surface area contributed by atoms with Gasteiger partial charge in [0.25, 0.3) is 0 Å². The maximum absolute atomic E-state index is 13.4. The molecule has 0 atom stereocenters. The maximum Gasteiger partial charge on any atom is 0.340 e. The highest BCUT2D eigenvalue weighted by Crippen LogP contribution is 2.45. The SMILES string of the molecule is CCOC(=O)c1c(Cn2cncn2)nc2sc3c(c2c1-c1ccc(OC)c(OC)c1)CCSC3. The summed E-state index contributed by atoms with van der Waals surface area (Å²) in [6.07, 6.45) is 4.03. The second-order valence-corrected chi connectivity index (χ2v) is 9.87. The van der Waals surface area contributed by atoms with E-state index in [0.717, 1.165) is 39.3 Å². The number of ether oxygens (including phenoxy) is 3. The topological polar surface area (TPSA) is 88.4 Å². The molecule has 1 aliphatic heterocycles. The number of carbonyl (C=O) groups excluding carboxylic acids is 1. The summed E-state index contributed by atoms with van der Waals surface area (Å²) in [6.45, 7) is 2.38. The lowest BCUT2D eigenvalue weighted by Crippen LogP contribution is -2.15. The summed E-state index contributed by atoms with van der Waals surface area (Å²) in [5, 5.41) is 5.26. The van der Waals surface area contributed by atoms with E-state index in [4.69, 9.17) is 19.2 Å². The predicted molar refractivity (Wildman–Crippen MR) is 133 cm³/mol. The normalized spacial score (nSPS) is 13.0. The number of aryl methyl sites for hydroxylation is 1. The number of benzene rings is 1. The highest BCUT2D eigenvalue weighted by Gasteiger charge is 2.29. The van der Waals surface area contributed by atoms with Gasteiger partial charge in [0, 0.05) is 21.6 Å². The summed E-state index contributed by atoms with van der Waals surface area (Å²) in [4.78, 5) is 24.7. The van der Waals surface area contributed by atoms with Gasteiger partial charge in [0.1, 0.15) is 17.5 Å². The van der Waals surface area contributed by atoms with Crippen LogP contribution in [-0.2, 0) is 23.5 Å². The van der Waals surface area contributed by atoms with Crippen LogP contribution in [0.3, 0.4) is 0 Å². The Kier molecular flexibility index (Phi) is 6.42. The number of aromatic nitrogens is 4. The molecule has 0 unspecified atom stereocenters. The number of thiophene rings is 1. The van der Waals surface area contributed by atoms with E-state index in [1.807, 2.05) is 30.0 Å². The van der Waals surface area contributed by atoms with Gasteiger partial charge < -0.3 is 14.2 Å². The highest BCUT2D eigenvalue weighted by atomic mass is 32.2. The minimum atomic E-state index is -0.401. The van der Waals surface area contributed by atoms with Crippen molar-refractivity contribution in [2.75, 3.05) is 26.6 Å². The van der Waals surface area contributed by atoms with Crippen LogP contribution in [0.5, 0.6) is 11.5 Å². The zero-order chi connectivity index (χ0) is 23.7. The third-order valence-corrected chi connectivity index (χ3v) is 8.05. The van der Waals surface area contributed by atoms with Crippen LogP contribution in [0.15, 0.2) is 30.9 Å². The monoisotopic (exact) mass is 496 g/mol. The van der Waals surface area contributed by atoms with Crippen molar-refractivity contribution in [2.45, 2.75) is 25.6 Å². The molecule has 0 N–H and O–H groups in total.